The molecule has 2 atom stereocenters. The number of hydrogen-bond acceptors (Lipinski definition) is 6. The van der Waals surface area contributed by atoms with Crippen molar-refractivity contribution in [1.29, 1.82) is 5.26 Å². The number of aryl methyl sites for hydroxylation is 2. The van der Waals surface area contributed by atoms with Crippen molar-refractivity contribution in [3.8, 4) is 6.07 Å². The number of likely N-dealkylation sites (N-methyl/N-ethyl adjacent to an activating group) is 1. The summed E-state index contributed by atoms with van der Waals surface area (Å²) in [6.07, 6.45) is 6.41. The first-order chi connectivity index (χ1) is 23.8. The molecule has 1 heterocycles. The molecule has 2 aromatic rings. The zero-order valence-corrected chi connectivity index (χ0v) is 31.0. The van der Waals surface area contributed by atoms with Gasteiger partial charge in [-0.1, -0.05) is 61.4 Å². The van der Waals surface area contributed by atoms with E-state index in [4.69, 9.17) is 10.7 Å². The summed E-state index contributed by atoms with van der Waals surface area (Å²) in [5, 5.41) is 19.0. The molecule has 0 aromatic heterocycles. The molecule has 2 aliphatic rings. The topological polar surface area (TPSA) is 136 Å². The fourth-order valence-corrected chi connectivity index (χ4v) is 7.78. The number of nitriles is 1. The van der Waals surface area contributed by atoms with Crippen molar-refractivity contribution in [3.05, 3.63) is 99.8 Å². The van der Waals surface area contributed by atoms with Gasteiger partial charge < -0.3 is 26.6 Å². The van der Waals surface area contributed by atoms with Crippen LogP contribution in [0.5, 0.6) is 0 Å². The highest BCUT2D eigenvalue weighted by atomic mass is 16.2. The van der Waals surface area contributed by atoms with E-state index in [2.05, 4.69) is 61.5 Å². The minimum Gasteiger partial charge on any atom is -0.388 e. The standard InChI is InChI=1S/C41H55N7O2/c1-9-34(29(4)44-7)40(5,6)24-36-28(3)14-15-30-23-31(38(50)45-8)16-19-35(30)41(36,39(43)47-32-17-12-27(2)13-18-32)20-21-46-26-37(49)48-22-10-11-33(48)25-42/h9,12-13,16-19,23,33,44,46H,4,10-11,14-15,20-22,24,26H2,1-3,5-8H3,(H2,43,47)(H,45,50)/b34-9-. The summed E-state index contributed by atoms with van der Waals surface area (Å²) in [7, 11) is 3.53. The number of hydrogen-bond donors (Lipinski definition) is 4. The Labute approximate surface area is 298 Å². The smallest absolute Gasteiger partial charge is 0.251 e. The van der Waals surface area contributed by atoms with Crippen LogP contribution in [0.25, 0.3) is 0 Å². The second-order valence-electron chi connectivity index (χ2n) is 14.2. The zero-order valence-electron chi connectivity index (χ0n) is 31.0. The van der Waals surface area contributed by atoms with E-state index in [1.54, 1.807) is 11.9 Å². The predicted molar refractivity (Wildman–Crippen MR) is 203 cm³/mol. The van der Waals surface area contributed by atoms with Crippen LogP contribution < -0.4 is 21.7 Å². The number of amides is 2. The van der Waals surface area contributed by atoms with Gasteiger partial charge in [0.05, 0.1) is 23.7 Å². The molecule has 4 rings (SSSR count). The van der Waals surface area contributed by atoms with Gasteiger partial charge in [-0.05, 0) is 112 Å². The molecule has 1 aliphatic carbocycles. The number of nitrogens with zero attached hydrogens (tertiary/aromatic N) is 3. The highest BCUT2D eigenvalue weighted by Gasteiger charge is 2.46. The lowest BCUT2D eigenvalue weighted by molar-refractivity contribution is -0.130. The molecule has 0 spiro atoms. The molecule has 50 heavy (non-hydrogen) atoms. The van der Waals surface area contributed by atoms with Crippen LogP contribution >= 0.6 is 0 Å². The Morgan fingerprint density at radius 2 is 1.86 bits per heavy atom. The lowest BCUT2D eigenvalue weighted by Crippen LogP contribution is -2.48. The SMILES string of the molecule is C=C(NC)/C(=C/C)C(C)(C)CC1=C(C)CCc2cc(C(=O)NC)ccc2C1(CCNCC(=O)N1CCCC1C#N)C(N)=Nc1ccc(C)cc1. The van der Waals surface area contributed by atoms with Crippen LogP contribution in [0.3, 0.4) is 0 Å². The summed E-state index contributed by atoms with van der Waals surface area (Å²) < 4.78 is 0. The molecule has 1 saturated heterocycles. The summed E-state index contributed by atoms with van der Waals surface area (Å²) in [5.74, 6) is 0.252. The molecule has 266 valence electrons. The second-order valence-corrected chi connectivity index (χ2v) is 14.2. The summed E-state index contributed by atoms with van der Waals surface area (Å²) in [5.41, 5.74) is 15.1. The van der Waals surface area contributed by atoms with Crippen LogP contribution in [-0.4, -0.2) is 62.3 Å². The largest absolute Gasteiger partial charge is 0.388 e. The third-order valence-electron chi connectivity index (χ3n) is 10.5. The van der Waals surface area contributed by atoms with Gasteiger partial charge in [0.25, 0.3) is 5.91 Å². The third-order valence-corrected chi connectivity index (χ3v) is 10.5. The van der Waals surface area contributed by atoms with Crippen LogP contribution in [0.4, 0.5) is 5.69 Å². The molecular formula is C41H55N7O2. The first-order valence-electron chi connectivity index (χ1n) is 17.7. The van der Waals surface area contributed by atoms with E-state index >= 15 is 0 Å². The van der Waals surface area contributed by atoms with Crippen molar-refractivity contribution >= 4 is 23.3 Å². The van der Waals surface area contributed by atoms with E-state index in [1.165, 1.54) is 11.1 Å². The molecule has 0 radical (unpaired) electrons. The van der Waals surface area contributed by atoms with E-state index in [-0.39, 0.29) is 29.8 Å². The molecule has 5 N–H and O–H groups in total. The molecule has 9 nitrogen and oxygen atoms in total. The Bertz CT molecular complexity index is 1730. The Morgan fingerprint density at radius 3 is 2.50 bits per heavy atom. The lowest BCUT2D eigenvalue weighted by Gasteiger charge is -2.42. The van der Waals surface area contributed by atoms with Crippen LogP contribution in [0.1, 0.15) is 86.8 Å². The molecule has 2 aromatic carbocycles. The fraction of sp³-hybridized carbons (Fsp3) is 0.463. The minimum atomic E-state index is -0.863. The number of rotatable bonds is 13. The Morgan fingerprint density at radius 1 is 1.14 bits per heavy atom. The number of carbonyl (C=O) groups is 2. The number of fused-ring (bicyclic) bond motifs is 1. The van der Waals surface area contributed by atoms with Gasteiger partial charge >= 0.3 is 0 Å². The average molecular weight is 678 g/mol. The zero-order chi connectivity index (χ0) is 36.6. The molecule has 0 saturated carbocycles. The maximum absolute atomic E-state index is 13.2. The summed E-state index contributed by atoms with van der Waals surface area (Å²) in [4.78, 5) is 32.9. The van der Waals surface area contributed by atoms with Gasteiger partial charge in [-0.2, -0.15) is 5.26 Å². The van der Waals surface area contributed by atoms with Gasteiger partial charge in [0.15, 0.2) is 0 Å². The summed E-state index contributed by atoms with van der Waals surface area (Å²) in [6, 6.07) is 15.9. The van der Waals surface area contributed by atoms with Crippen molar-refractivity contribution in [1.82, 2.24) is 20.9 Å². The number of nitrogens with one attached hydrogen (secondary N) is 3. The summed E-state index contributed by atoms with van der Waals surface area (Å²) >= 11 is 0. The Hall–Kier alpha value is -4.68. The van der Waals surface area contributed by atoms with Gasteiger partial charge in [0.1, 0.15) is 11.9 Å². The van der Waals surface area contributed by atoms with Gasteiger partial charge in [0, 0.05) is 31.9 Å². The number of nitrogens with two attached hydrogens (primary N) is 1. The van der Waals surface area contributed by atoms with Crippen LogP contribution in [0.2, 0.25) is 0 Å². The molecule has 2 unspecified atom stereocenters. The first kappa shape index (κ1) is 38.1. The number of carbonyl (C=O) groups excluding carboxylic acids is 2. The van der Waals surface area contributed by atoms with Crippen molar-refractivity contribution < 1.29 is 9.59 Å². The maximum Gasteiger partial charge on any atom is 0.251 e. The second kappa shape index (κ2) is 16.4. The highest BCUT2D eigenvalue weighted by molar-refractivity contribution is 5.99. The molecule has 0 bridgehead atoms. The number of likely N-dealkylation sites (tertiary alicyclic amines) is 1. The van der Waals surface area contributed by atoms with E-state index in [0.29, 0.717) is 43.8 Å². The molecule has 2 amide bonds. The maximum atomic E-state index is 13.2. The third kappa shape index (κ3) is 8.03. The average Bonchev–Trinajstić information content (AvgIpc) is 3.56. The molecule has 1 fully saturated rings. The van der Waals surface area contributed by atoms with Crippen LogP contribution in [0.15, 0.2) is 82.5 Å². The lowest BCUT2D eigenvalue weighted by atomic mass is 9.63. The quantitative estimate of drug-likeness (QED) is 0.0662. The van der Waals surface area contributed by atoms with Gasteiger partial charge in [0.2, 0.25) is 5.91 Å². The normalized spacial score (nSPS) is 19.8. The number of amidine groups is 1. The number of allylic oxidation sites excluding steroid dienone is 3. The minimum absolute atomic E-state index is 0.0720. The predicted octanol–water partition coefficient (Wildman–Crippen LogP) is 6.13. The highest BCUT2D eigenvalue weighted by Crippen LogP contribution is 2.50. The van der Waals surface area contributed by atoms with Gasteiger partial charge in [-0.25, -0.2) is 4.99 Å². The molecule has 9 heteroatoms. The summed E-state index contributed by atoms with van der Waals surface area (Å²) in [6.45, 7) is 16.3. The van der Waals surface area contributed by atoms with Crippen molar-refractivity contribution in [3.63, 3.8) is 0 Å². The van der Waals surface area contributed by atoms with Crippen LogP contribution in [-0.2, 0) is 16.6 Å². The Kier molecular flexibility index (Phi) is 12.5. The van der Waals surface area contributed by atoms with E-state index in [1.807, 2.05) is 57.3 Å². The van der Waals surface area contributed by atoms with Crippen molar-refractivity contribution in [2.45, 2.75) is 84.6 Å². The van der Waals surface area contributed by atoms with E-state index < -0.39 is 5.41 Å². The monoisotopic (exact) mass is 677 g/mol. The van der Waals surface area contributed by atoms with E-state index in [9.17, 15) is 14.9 Å². The van der Waals surface area contributed by atoms with Crippen LogP contribution in [0, 0.1) is 23.7 Å². The molecular weight excluding hydrogens is 622 g/mol. The Balaban J connectivity index is 1.90. The first-order valence-corrected chi connectivity index (χ1v) is 17.7. The van der Waals surface area contributed by atoms with Gasteiger partial charge in [-0.3, -0.25) is 9.59 Å². The number of benzene rings is 2. The van der Waals surface area contributed by atoms with Crippen molar-refractivity contribution in [2.75, 3.05) is 33.7 Å². The van der Waals surface area contributed by atoms with Gasteiger partial charge in [-0.15, -0.1) is 0 Å². The molecule has 1 aliphatic heterocycles. The van der Waals surface area contributed by atoms with E-state index in [0.717, 1.165) is 52.9 Å². The fourth-order valence-electron chi connectivity index (χ4n) is 7.78. The number of aliphatic imine (C=N–C) groups is 1. The van der Waals surface area contributed by atoms with Crippen molar-refractivity contribution in [2.24, 2.45) is 16.1 Å².